The van der Waals surface area contributed by atoms with Crippen molar-refractivity contribution in [2.24, 2.45) is 5.92 Å². The van der Waals surface area contributed by atoms with Crippen LogP contribution >= 0.6 is 11.8 Å². The van der Waals surface area contributed by atoms with Gasteiger partial charge in [-0.05, 0) is 50.3 Å². The lowest BCUT2D eigenvalue weighted by Gasteiger charge is -2.14. The number of hydrogen-bond acceptors (Lipinski definition) is 2. The van der Waals surface area contributed by atoms with Crippen molar-refractivity contribution in [3.8, 4) is 0 Å². The zero-order valence-electron chi connectivity index (χ0n) is 9.44. The first-order valence-electron chi connectivity index (χ1n) is 5.57. The summed E-state index contributed by atoms with van der Waals surface area (Å²) in [5, 5.41) is 3.29. The zero-order chi connectivity index (χ0) is 9.94. The Morgan fingerprint density at radius 2 is 2.00 bits per heavy atom. The summed E-state index contributed by atoms with van der Waals surface area (Å²) in [6.07, 6.45) is 5.51. The Kier molecular flexibility index (Phi) is 10.6. The predicted octanol–water partition coefficient (Wildman–Crippen LogP) is 3.16. The minimum atomic E-state index is 0.910. The van der Waals surface area contributed by atoms with E-state index in [0.717, 1.165) is 5.92 Å². The van der Waals surface area contributed by atoms with Crippen LogP contribution in [0.15, 0.2) is 0 Å². The molecule has 1 nitrogen and oxygen atoms in total. The van der Waals surface area contributed by atoms with Crippen molar-refractivity contribution in [2.45, 2.75) is 39.5 Å². The third-order valence-electron chi connectivity index (χ3n) is 2.29. The van der Waals surface area contributed by atoms with Gasteiger partial charge in [0.25, 0.3) is 0 Å². The van der Waals surface area contributed by atoms with Crippen molar-refractivity contribution in [1.29, 1.82) is 0 Å². The quantitative estimate of drug-likeness (QED) is 0.578. The highest BCUT2D eigenvalue weighted by molar-refractivity contribution is 7.99. The molecule has 1 atom stereocenters. The van der Waals surface area contributed by atoms with E-state index >= 15 is 0 Å². The van der Waals surface area contributed by atoms with Gasteiger partial charge in [0.1, 0.15) is 0 Å². The second-order valence-corrected chi connectivity index (χ2v) is 4.95. The van der Waals surface area contributed by atoms with Crippen molar-refractivity contribution >= 4 is 11.8 Å². The highest BCUT2D eigenvalue weighted by atomic mass is 32.2. The monoisotopic (exact) mass is 203 g/mol. The van der Waals surface area contributed by atoms with Crippen LogP contribution in [0.5, 0.6) is 0 Å². The molecule has 0 saturated heterocycles. The van der Waals surface area contributed by atoms with Gasteiger partial charge in [-0.2, -0.15) is 11.8 Å². The summed E-state index contributed by atoms with van der Waals surface area (Å²) in [6.45, 7) is 5.72. The molecule has 80 valence electrons. The molecule has 1 unspecified atom stereocenters. The van der Waals surface area contributed by atoms with Gasteiger partial charge < -0.3 is 5.32 Å². The molecule has 0 fully saturated rings. The zero-order valence-corrected chi connectivity index (χ0v) is 10.3. The standard InChI is InChI=1S/C11H25NS/c1-4-7-11(10-12-3)8-6-9-13-5-2/h11-12H,4-10H2,1-3H3. The SMILES string of the molecule is CCCC(CCCSCC)CNC. The molecule has 0 aliphatic carbocycles. The van der Waals surface area contributed by atoms with Crippen LogP contribution in [0.1, 0.15) is 39.5 Å². The van der Waals surface area contributed by atoms with E-state index in [1.807, 2.05) is 0 Å². The van der Waals surface area contributed by atoms with Crippen LogP contribution in [0.25, 0.3) is 0 Å². The maximum absolute atomic E-state index is 3.29. The molecule has 0 aromatic carbocycles. The van der Waals surface area contributed by atoms with E-state index in [9.17, 15) is 0 Å². The van der Waals surface area contributed by atoms with E-state index in [0.29, 0.717) is 0 Å². The Morgan fingerprint density at radius 1 is 1.23 bits per heavy atom. The first-order chi connectivity index (χ1) is 6.35. The summed E-state index contributed by atoms with van der Waals surface area (Å²) in [4.78, 5) is 0. The summed E-state index contributed by atoms with van der Waals surface area (Å²) in [6, 6.07) is 0. The van der Waals surface area contributed by atoms with Gasteiger partial charge in [-0.3, -0.25) is 0 Å². The molecule has 0 saturated carbocycles. The molecule has 0 aromatic rings. The lowest BCUT2D eigenvalue weighted by atomic mass is 9.98. The molecule has 0 aliphatic heterocycles. The van der Waals surface area contributed by atoms with Gasteiger partial charge in [0.05, 0.1) is 0 Å². The van der Waals surface area contributed by atoms with Crippen molar-refractivity contribution in [1.82, 2.24) is 5.32 Å². The maximum Gasteiger partial charge on any atom is -0.00235 e. The van der Waals surface area contributed by atoms with Crippen LogP contribution in [-0.2, 0) is 0 Å². The lowest BCUT2D eigenvalue weighted by molar-refractivity contribution is 0.425. The smallest absolute Gasteiger partial charge is 0.00235 e. The largest absolute Gasteiger partial charge is 0.319 e. The predicted molar refractivity (Wildman–Crippen MR) is 64.6 cm³/mol. The van der Waals surface area contributed by atoms with E-state index in [-0.39, 0.29) is 0 Å². The van der Waals surface area contributed by atoms with Crippen molar-refractivity contribution in [2.75, 3.05) is 25.1 Å². The van der Waals surface area contributed by atoms with Gasteiger partial charge in [-0.1, -0.05) is 20.3 Å². The molecule has 0 bridgehead atoms. The molecule has 0 rings (SSSR count). The molecule has 13 heavy (non-hydrogen) atoms. The maximum atomic E-state index is 3.29. The molecule has 0 aromatic heterocycles. The lowest BCUT2D eigenvalue weighted by Crippen LogP contribution is -2.18. The topological polar surface area (TPSA) is 12.0 Å². The molecule has 1 N–H and O–H groups in total. The van der Waals surface area contributed by atoms with Gasteiger partial charge in [0.2, 0.25) is 0 Å². The van der Waals surface area contributed by atoms with Crippen molar-refractivity contribution in [3.63, 3.8) is 0 Å². The second kappa shape index (κ2) is 10.4. The van der Waals surface area contributed by atoms with Crippen LogP contribution < -0.4 is 5.32 Å². The van der Waals surface area contributed by atoms with Crippen LogP contribution in [-0.4, -0.2) is 25.1 Å². The highest BCUT2D eigenvalue weighted by Gasteiger charge is 2.05. The van der Waals surface area contributed by atoms with Crippen molar-refractivity contribution in [3.05, 3.63) is 0 Å². The fourth-order valence-corrected chi connectivity index (χ4v) is 2.32. The summed E-state index contributed by atoms with van der Waals surface area (Å²) < 4.78 is 0. The summed E-state index contributed by atoms with van der Waals surface area (Å²) >= 11 is 2.07. The van der Waals surface area contributed by atoms with E-state index in [4.69, 9.17) is 0 Å². The molecule has 0 radical (unpaired) electrons. The normalized spacial score (nSPS) is 13.2. The molecule has 0 spiro atoms. The highest BCUT2D eigenvalue weighted by Crippen LogP contribution is 2.14. The Hall–Kier alpha value is 0.310. The fourth-order valence-electron chi connectivity index (χ4n) is 1.66. The first kappa shape index (κ1) is 13.3. The minimum Gasteiger partial charge on any atom is -0.319 e. The van der Waals surface area contributed by atoms with E-state index in [2.05, 4.69) is 38.0 Å². The number of hydrogen-bond donors (Lipinski definition) is 1. The van der Waals surface area contributed by atoms with Crippen LogP contribution in [0.4, 0.5) is 0 Å². The van der Waals surface area contributed by atoms with Gasteiger partial charge in [0.15, 0.2) is 0 Å². The second-order valence-electron chi connectivity index (χ2n) is 3.55. The molecule has 0 aliphatic rings. The van der Waals surface area contributed by atoms with Gasteiger partial charge in [-0.25, -0.2) is 0 Å². The van der Waals surface area contributed by atoms with Crippen LogP contribution in [0.3, 0.4) is 0 Å². The average molecular weight is 203 g/mol. The van der Waals surface area contributed by atoms with E-state index < -0.39 is 0 Å². The third-order valence-corrected chi connectivity index (χ3v) is 3.28. The van der Waals surface area contributed by atoms with Gasteiger partial charge in [0, 0.05) is 0 Å². The molecular formula is C11H25NS. The third kappa shape index (κ3) is 8.63. The first-order valence-corrected chi connectivity index (χ1v) is 6.72. The molecule has 2 heteroatoms. The summed E-state index contributed by atoms with van der Waals surface area (Å²) in [5.74, 6) is 3.53. The van der Waals surface area contributed by atoms with Crippen LogP contribution in [0, 0.1) is 5.92 Å². The average Bonchev–Trinajstić information content (AvgIpc) is 2.13. The minimum absolute atomic E-state index is 0.910. The summed E-state index contributed by atoms with van der Waals surface area (Å²) in [5.41, 5.74) is 0. The Bertz CT molecular complexity index is 90.1. The van der Waals surface area contributed by atoms with Crippen molar-refractivity contribution < 1.29 is 0 Å². The molecule has 0 heterocycles. The Balaban J connectivity index is 3.33. The fraction of sp³-hybridized carbons (Fsp3) is 1.00. The number of thioether (sulfide) groups is 1. The Labute approximate surface area is 88.1 Å². The van der Waals surface area contributed by atoms with Gasteiger partial charge >= 0.3 is 0 Å². The Morgan fingerprint density at radius 3 is 2.54 bits per heavy atom. The van der Waals surface area contributed by atoms with Crippen LogP contribution in [0.2, 0.25) is 0 Å². The van der Waals surface area contributed by atoms with E-state index in [1.165, 1.54) is 43.7 Å². The number of rotatable bonds is 9. The summed E-state index contributed by atoms with van der Waals surface area (Å²) in [7, 11) is 2.06. The molecular weight excluding hydrogens is 178 g/mol. The van der Waals surface area contributed by atoms with E-state index in [1.54, 1.807) is 0 Å². The van der Waals surface area contributed by atoms with Gasteiger partial charge in [-0.15, -0.1) is 0 Å². The molecule has 0 amide bonds. The number of nitrogens with one attached hydrogen (secondary N) is 1.